The number of nitrogens with two attached hydrogens (primary N) is 2. The molecule has 2 aromatic rings. The zero-order valence-corrected chi connectivity index (χ0v) is 9.71. The lowest BCUT2D eigenvalue weighted by molar-refractivity contribution is 0.562. The van der Waals surface area contributed by atoms with Crippen molar-refractivity contribution >= 4 is 17.8 Å². The Morgan fingerprint density at radius 1 is 1.18 bits per heavy atom. The van der Waals surface area contributed by atoms with Crippen LogP contribution in [0.3, 0.4) is 0 Å². The van der Waals surface area contributed by atoms with Crippen molar-refractivity contribution in [1.29, 1.82) is 0 Å². The van der Waals surface area contributed by atoms with Gasteiger partial charge in [-0.2, -0.15) is 15.0 Å². The molecule has 2 heterocycles. The van der Waals surface area contributed by atoms with Gasteiger partial charge in [0.15, 0.2) is 0 Å². The summed E-state index contributed by atoms with van der Waals surface area (Å²) in [6, 6.07) is 0. The lowest BCUT2D eigenvalue weighted by Gasteiger charge is -2.16. The van der Waals surface area contributed by atoms with E-state index in [0.717, 1.165) is 11.1 Å². The van der Waals surface area contributed by atoms with Crippen molar-refractivity contribution in [3.8, 4) is 0 Å². The van der Waals surface area contributed by atoms with Crippen LogP contribution in [0.1, 0.15) is 11.1 Å². The average Bonchev–Trinajstić information content (AvgIpc) is 2.63. The summed E-state index contributed by atoms with van der Waals surface area (Å²) in [5.41, 5.74) is 13.2. The van der Waals surface area contributed by atoms with Crippen LogP contribution in [0.5, 0.6) is 0 Å². The van der Waals surface area contributed by atoms with Gasteiger partial charge in [-0.25, -0.2) is 0 Å². The Kier molecular flexibility index (Phi) is 2.82. The van der Waals surface area contributed by atoms with Gasteiger partial charge in [0.2, 0.25) is 17.8 Å². The number of aryl methyl sites for hydroxylation is 1. The van der Waals surface area contributed by atoms with E-state index in [-0.39, 0.29) is 11.9 Å². The summed E-state index contributed by atoms with van der Waals surface area (Å²) in [5, 5.41) is 0. The van der Waals surface area contributed by atoms with E-state index < -0.39 is 0 Å². The summed E-state index contributed by atoms with van der Waals surface area (Å²) in [6.45, 7) is 2.59. The molecule has 0 aliphatic heterocycles. The zero-order chi connectivity index (χ0) is 12.4. The van der Waals surface area contributed by atoms with Crippen LogP contribution in [0.4, 0.5) is 17.8 Å². The summed E-state index contributed by atoms with van der Waals surface area (Å²) in [7, 11) is 1.85. The molecular formula is C10H14N6O. The molecule has 90 valence electrons. The van der Waals surface area contributed by atoms with E-state index in [1.165, 1.54) is 0 Å². The van der Waals surface area contributed by atoms with Crippen molar-refractivity contribution in [3.63, 3.8) is 0 Å². The fraction of sp³-hybridized carbons (Fsp3) is 0.300. The molecule has 0 amide bonds. The van der Waals surface area contributed by atoms with Crippen molar-refractivity contribution in [2.24, 2.45) is 0 Å². The van der Waals surface area contributed by atoms with Gasteiger partial charge in [0.05, 0.1) is 12.5 Å². The first kappa shape index (κ1) is 11.2. The molecule has 0 saturated heterocycles. The van der Waals surface area contributed by atoms with E-state index in [1.54, 1.807) is 12.5 Å². The van der Waals surface area contributed by atoms with Crippen LogP contribution in [-0.4, -0.2) is 22.0 Å². The standard InChI is InChI=1S/C10H14N6O/c1-6-4-17-5-7(6)3-16(2)10-14-8(11)13-9(12)15-10/h4-5H,3H2,1-2H3,(H4,11,12,13,14,15). The van der Waals surface area contributed by atoms with Crippen molar-refractivity contribution < 1.29 is 4.42 Å². The highest BCUT2D eigenvalue weighted by Crippen LogP contribution is 2.15. The van der Waals surface area contributed by atoms with Crippen LogP contribution >= 0.6 is 0 Å². The first-order chi connectivity index (χ1) is 8.06. The quantitative estimate of drug-likeness (QED) is 0.799. The lowest BCUT2D eigenvalue weighted by atomic mass is 10.2. The van der Waals surface area contributed by atoms with Gasteiger partial charge in [-0.05, 0) is 12.5 Å². The Labute approximate surface area is 98.5 Å². The zero-order valence-electron chi connectivity index (χ0n) is 9.71. The number of nitrogens with zero attached hydrogens (tertiary/aromatic N) is 4. The number of anilines is 3. The SMILES string of the molecule is Cc1cocc1CN(C)c1nc(N)nc(N)n1. The molecule has 0 atom stereocenters. The molecule has 0 unspecified atom stereocenters. The minimum atomic E-state index is 0.114. The Bertz CT molecular complexity index is 503. The number of hydrogen-bond acceptors (Lipinski definition) is 7. The highest BCUT2D eigenvalue weighted by atomic mass is 16.3. The third kappa shape index (κ3) is 2.44. The number of aromatic nitrogens is 3. The van der Waals surface area contributed by atoms with Gasteiger partial charge in [-0.3, -0.25) is 0 Å². The maximum Gasteiger partial charge on any atom is 0.231 e. The number of hydrogen-bond donors (Lipinski definition) is 2. The van der Waals surface area contributed by atoms with Crippen LogP contribution < -0.4 is 16.4 Å². The van der Waals surface area contributed by atoms with Gasteiger partial charge in [0.1, 0.15) is 0 Å². The van der Waals surface area contributed by atoms with Crippen molar-refractivity contribution in [1.82, 2.24) is 15.0 Å². The Hall–Kier alpha value is -2.31. The topological polar surface area (TPSA) is 107 Å². The van der Waals surface area contributed by atoms with Crippen LogP contribution in [0.2, 0.25) is 0 Å². The Balaban J connectivity index is 2.20. The summed E-state index contributed by atoms with van der Waals surface area (Å²) in [6.07, 6.45) is 3.39. The number of furan rings is 1. The molecule has 2 rings (SSSR count). The number of rotatable bonds is 3. The molecule has 0 aromatic carbocycles. The van der Waals surface area contributed by atoms with E-state index in [9.17, 15) is 0 Å². The van der Waals surface area contributed by atoms with Crippen LogP contribution in [-0.2, 0) is 6.54 Å². The minimum absolute atomic E-state index is 0.114. The third-order valence-electron chi connectivity index (χ3n) is 2.37. The van der Waals surface area contributed by atoms with Gasteiger partial charge in [-0.1, -0.05) is 0 Å². The molecule has 2 aromatic heterocycles. The van der Waals surface area contributed by atoms with Gasteiger partial charge in [0.25, 0.3) is 0 Å². The smallest absolute Gasteiger partial charge is 0.231 e. The Morgan fingerprint density at radius 2 is 1.82 bits per heavy atom. The van der Waals surface area contributed by atoms with Crippen LogP contribution in [0.15, 0.2) is 16.9 Å². The summed E-state index contributed by atoms with van der Waals surface area (Å²) >= 11 is 0. The molecule has 0 radical (unpaired) electrons. The second-order valence-corrected chi connectivity index (χ2v) is 3.79. The maximum atomic E-state index is 5.51. The molecule has 0 fully saturated rings. The third-order valence-corrected chi connectivity index (χ3v) is 2.37. The fourth-order valence-corrected chi connectivity index (χ4v) is 1.44. The molecule has 7 heteroatoms. The molecule has 0 spiro atoms. The Morgan fingerprint density at radius 3 is 2.35 bits per heavy atom. The molecule has 4 N–H and O–H groups in total. The lowest BCUT2D eigenvalue weighted by Crippen LogP contribution is -2.21. The highest BCUT2D eigenvalue weighted by Gasteiger charge is 2.10. The largest absolute Gasteiger partial charge is 0.472 e. The first-order valence-electron chi connectivity index (χ1n) is 5.06. The van der Waals surface area contributed by atoms with E-state index >= 15 is 0 Å². The molecule has 0 saturated carbocycles. The number of nitrogen functional groups attached to an aromatic ring is 2. The van der Waals surface area contributed by atoms with Crippen molar-refractivity contribution in [2.45, 2.75) is 13.5 Å². The first-order valence-corrected chi connectivity index (χ1v) is 5.06. The maximum absolute atomic E-state index is 5.51. The predicted octanol–water partition coefficient (Wildman–Crippen LogP) is 0.574. The molecule has 0 bridgehead atoms. The molecule has 0 aliphatic carbocycles. The molecular weight excluding hydrogens is 220 g/mol. The van der Waals surface area contributed by atoms with Gasteiger partial charge >= 0.3 is 0 Å². The minimum Gasteiger partial charge on any atom is -0.472 e. The van der Waals surface area contributed by atoms with Crippen LogP contribution in [0.25, 0.3) is 0 Å². The monoisotopic (exact) mass is 234 g/mol. The van der Waals surface area contributed by atoms with E-state index in [0.29, 0.717) is 12.5 Å². The van der Waals surface area contributed by atoms with Crippen molar-refractivity contribution in [3.05, 3.63) is 23.7 Å². The van der Waals surface area contributed by atoms with Gasteiger partial charge < -0.3 is 20.8 Å². The van der Waals surface area contributed by atoms with Crippen molar-refractivity contribution in [2.75, 3.05) is 23.4 Å². The normalized spacial score (nSPS) is 10.5. The van der Waals surface area contributed by atoms with E-state index in [4.69, 9.17) is 15.9 Å². The second-order valence-electron chi connectivity index (χ2n) is 3.79. The molecule has 0 aliphatic rings. The average molecular weight is 234 g/mol. The molecule has 17 heavy (non-hydrogen) atoms. The summed E-state index contributed by atoms with van der Waals surface area (Å²) < 4.78 is 5.10. The summed E-state index contributed by atoms with van der Waals surface area (Å²) in [5.74, 6) is 0.669. The van der Waals surface area contributed by atoms with E-state index in [2.05, 4.69) is 15.0 Å². The fourth-order valence-electron chi connectivity index (χ4n) is 1.44. The second kappa shape index (κ2) is 4.28. The highest BCUT2D eigenvalue weighted by molar-refractivity contribution is 5.40. The predicted molar refractivity (Wildman–Crippen MR) is 64.2 cm³/mol. The molecule has 7 nitrogen and oxygen atoms in total. The van der Waals surface area contributed by atoms with E-state index in [1.807, 2.05) is 18.9 Å². The van der Waals surface area contributed by atoms with Gasteiger partial charge in [0, 0.05) is 19.2 Å². The summed E-state index contributed by atoms with van der Waals surface area (Å²) in [4.78, 5) is 13.6. The van der Waals surface area contributed by atoms with Gasteiger partial charge in [-0.15, -0.1) is 0 Å². The van der Waals surface area contributed by atoms with Crippen LogP contribution in [0, 0.1) is 6.92 Å².